The van der Waals surface area contributed by atoms with E-state index in [4.69, 9.17) is 19.7 Å². The normalized spacial score (nSPS) is 13.8. The zero-order valence-electron chi connectivity index (χ0n) is 25.2. The molecule has 2 rings (SSSR count). The summed E-state index contributed by atoms with van der Waals surface area (Å²) in [5.74, 6) is 0.302. The van der Waals surface area contributed by atoms with Crippen LogP contribution in [0.4, 0.5) is 5.82 Å². The predicted octanol–water partition coefficient (Wildman–Crippen LogP) is 6.61. The molecule has 0 bridgehead atoms. The first-order valence-electron chi connectivity index (χ1n) is 15.0. The second kappa shape index (κ2) is 22.0. The van der Waals surface area contributed by atoms with Crippen molar-refractivity contribution in [3.05, 3.63) is 12.7 Å². The van der Waals surface area contributed by atoms with Gasteiger partial charge < -0.3 is 39.9 Å². The standard InChI is InChI=1S/C28H52N5O5P.H3N/c1-3-4-5-6-7-8-9-10-11-12-13-15-18-36-19-16-14-17-20-38-39(34,35)24-37-25(2)21-33-23-32-26-27(29)30-22-31-28(26)33;/h22-23,25H,3-21,24H2,1-2H3,(H,34,35)(H2,29,30,31);1H3. The van der Waals surface area contributed by atoms with Gasteiger partial charge in [0.15, 0.2) is 19.1 Å². The Hall–Kier alpha value is -1.62. The van der Waals surface area contributed by atoms with E-state index < -0.39 is 13.9 Å². The van der Waals surface area contributed by atoms with E-state index in [0.29, 0.717) is 36.6 Å². The third kappa shape index (κ3) is 16.0. The highest BCUT2D eigenvalue weighted by Gasteiger charge is 2.14. The van der Waals surface area contributed by atoms with Crippen LogP contribution in [0.1, 0.15) is 110 Å². The van der Waals surface area contributed by atoms with E-state index in [1.807, 2.05) is 0 Å². The Balaban J connectivity index is 0.00000800. The fourth-order valence-corrected chi connectivity index (χ4v) is 5.37. The molecule has 40 heavy (non-hydrogen) atoms. The molecule has 2 heterocycles. The van der Waals surface area contributed by atoms with Crippen LogP contribution in [0.15, 0.2) is 12.7 Å². The van der Waals surface area contributed by atoms with E-state index in [-0.39, 0.29) is 18.9 Å². The molecule has 0 radical (unpaired) electrons. The fourth-order valence-electron chi connectivity index (χ4n) is 4.45. The molecule has 0 amide bonds. The Morgan fingerprint density at radius 2 is 1.43 bits per heavy atom. The number of nitrogen functional groups attached to an aromatic ring is 1. The number of fused-ring (bicyclic) bond motifs is 1. The van der Waals surface area contributed by atoms with Crippen molar-refractivity contribution in [2.24, 2.45) is 0 Å². The summed E-state index contributed by atoms with van der Waals surface area (Å²) in [6.07, 6.45) is 20.6. The molecule has 2 unspecified atom stereocenters. The molecule has 0 aliphatic rings. The van der Waals surface area contributed by atoms with E-state index in [2.05, 4.69) is 21.9 Å². The molecule has 0 fully saturated rings. The van der Waals surface area contributed by atoms with E-state index >= 15 is 0 Å². The Bertz CT molecular complexity index is 947. The quantitative estimate of drug-likeness (QED) is 0.0958. The second-order valence-electron chi connectivity index (χ2n) is 10.4. The first-order valence-corrected chi connectivity index (χ1v) is 16.7. The lowest BCUT2D eigenvalue weighted by Gasteiger charge is -2.25. The van der Waals surface area contributed by atoms with Crippen LogP contribution in [-0.2, 0) is 25.1 Å². The highest BCUT2D eigenvalue weighted by molar-refractivity contribution is 7.51. The molecule has 12 heteroatoms. The molecule has 232 valence electrons. The SMILES string of the molecule is CCCCCCCCCCCCCCOCCCCCOP(=O)([O-])COC(C)Cn1cnc2c(N)ncnc21.[NH4+]. The third-order valence-corrected chi connectivity index (χ3v) is 7.80. The van der Waals surface area contributed by atoms with Crippen LogP contribution in [-0.4, -0.2) is 51.8 Å². The zero-order chi connectivity index (χ0) is 28.2. The van der Waals surface area contributed by atoms with Crippen molar-refractivity contribution in [2.45, 2.75) is 123 Å². The number of ether oxygens (including phenoxy) is 2. The Kier molecular flexibility index (Phi) is 20.1. The van der Waals surface area contributed by atoms with Gasteiger partial charge in [0, 0.05) is 13.2 Å². The summed E-state index contributed by atoms with van der Waals surface area (Å²) in [5.41, 5.74) is 6.89. The molecule has 0 aliphatic heterocycles. The van der Waals surface area contributed by atoms with E-state index in [0.717, 1.165) is 25.9 Å². The van der Waals surface area contributed by atoms with Gasteiger partial charge >= 0.3 is 0 Å². The van der Waals surface area contributed by atoms with E-state index in [1.165, 1.54) is 77.0 Å². The maximum atomic E-state index is 12.2. The topological polar surface area (TPSA) is 174 Å². The average Bonchev–Trinajstić information content (AvgIpc) is 3.32. The van der Waals surface area contributed by atoms with Gasteiger partial charge in [-0.3, -0.25) is 0 Å². The highest BCUT2D eigenvalue weighted by Crippen LogP contribution is 2.37. The summed E-state index contributed by atoms with van der Waals surface area (Å²) in [4.78, 5) is 24.5. The largest absolute Gasteiger partial charge is 0.777 e. The summed E-state index contributed by atoms with van der Waals surface area (Å²) in [6, 6.07) is 0. The number of anilines is 1. The van der Waals surface area contributed by atoms with Crippen molar-refractivity contribution in [2.75, 3.05) is 31.9 Å². The molecule has 2 aromatic heterocycles. The lowest BCUT2D eigenvalue weighted by Crippen LogP contribution is -2.20. The van der Waals surface area contributed by atoms with Crippen molar-refractivity contribution in [1.29, 1.82) is 0 Å². The summed E-state index contributed by atoms with van der Waals surface area (Å²) >= 11 is 0. The molecule has 2 aromatic rings. The minimum atomic E-state index is -4.06. The van der Waals surface area contributed by atoms with Gasteiger partial charge in [-0.1, -0.05) is 77.6 Å². The number of hydrogen-bond acceptors (Lipinski definition) is 9. The second-order valence-corrected chi connectivity index (χ2v) is 12.2. The Morgan fingerprint density at radius 1 is 0.875 bits per heavy atom. The Labute approximate surface area is 241 Å². The van der Waals surface area contributed by atoms with Gasteiger partial charge in [-0.2, -0.15) is 0 Å². The van der Waals surface area contributed by atoms with Crippen LogP contribution in [0.2, 0.25) is 0 Å². The van der Waals surface area contributed by atoms with Gasteiger partial charge in [-0.15, -0.1) is 0 Å². The van der Waals surface area contributed by atoms with Crippen molar-refractivity contribution >= 4 is 24.6 Å². The van der Waals surface area contributed by atoms with E-state index in [1.54, 1.807) is 17.8 Å². The van der Waals surface area contributed by atoms with Crippen LogP contribution in [0.3, 0.4) is 0 Å². The monoisotopic (exact) mass is 586 g/mol. The summed E-state index contributed by atoms with van der Waals surface area (Å²) in [7, 11) is -4.06. The molecular formula is C28H55N6O5P. The van der Waals surface area contributed by atoms with Crippen molar-refractivity contribution < 1.29 is 23.5 Å². The number of nitrogens with zero attached hydrogens (tertiary/aromatic N) is 4. The molecule has 6 N–H and O–H groups in total. The zero-order valence-corrected chi connectivity index (χ0v) is 26.1. The number of nitrogens with two attached hydrogens (primary N) is 1. The third-order valence-electron chi connectivity index (χ3n) is 6.76. The first kappa shape index (κ1) is 36.4. The lowest BCUT2D eigenvalue weighted by molar-refractivity contribution is -0.205. The van der Waals surface area contributed by atoms with Gasteiger partial charge in [0.2, 0.25) is 0 Å². The fraction of sp³-hybridized carbons (Fsp3) is 0.821. The minimum absolute atomic E-state index is 0. The predicted molar refractivity (Wildman–Crippen MR) is 160 cm³/mol. The summed E-state index contributed by atoms with van der Waals surface area (Å²) in [6.45, 7) is 6.13. The number of quaternary nitrogens is 1. The maximum Gasteiger partial charge on any atom is 0.165 e. The maximum absolute atomic E-state index is 12.2. The molecule has 0 saturated carbocycles. The van der Waals surface area contributed by atoms with Crippen molar-refractivity contribution in [1.82, 2.24) is 25.7 Å². The Morgan fingerprint density at radius 3 is 2.05 bits per heavy atom. The van der Waals surface area contributed by atoms with Gasteiger partial charge in [0.25, 0.3) is 0 Å². The summed E-state index contributed by atoms with van der Waals surface area (Å²) in [5, 5.41) is 0. The smallest absolute Gasteiger partial charge is 0.165 e. The van der Waals surface area contributed by atoms with E-state index in [9.17, 15) is 9.46 Å². The number of rotatable bonds is 25. The molecule has 0 saturated heterocycles. The minimum Gasteiger partial charge on any atom is -0.777 e. The highest BCUT2D eigenvalue weighted by atomic mass is 31.2. The summed E-state index contributed by atoms with van der Waals surface area (Å²) < 4.78 is 30.3. The number of imidazole rings is 1. The van der Waals surface area contributed by atoms with Crippen LogP contribution >= 0.6 is 7.60 Å². The molecule has 0 aromatic carbocycles. The van der Waals surface area contributed by atoms with Crippen LogP contribution in [0.5, 0.6) is 0 Å². The number of unbranched alkanes of at least 4 members (excludes halogenated alkanes) is 13. The molecule has 0 spiro atoms. The van der Waals surface area contributed by atoms with Gasteiger partial charge in [0.1, 0.15) is 18.2 Å². The van der Waals surface area contributed by atoms with Crippen LogP contribution in [0.25, 0.3) is 11.2 Å². The molecule has 2 atom stereocenters. The van der Waals surface area contributed by atoms with Crippen molar-refractivity contribution in [3.8, 4) is 0 Å². The van der Waals surface area contributed by atoms with Gasteiger partial charge in [-0.25, -0.2) is 15.0 Å². The number of aromatic nitrogens is 4. The first-order chi connectivity index (χ1) is 18.9. The molecule has 0 aliphatic carbocycles. The average molecular weight is 587 g/mol. The van der Waals surface area contributed by atoms with Gasteiger partial charge in [0.05, 0.1) is 25.6 Å². The van der Waals surface area contributed by atoms with Crippen LogP contribution < -0.4 is 16.8 Å². The molecular weight excluding hydrogens is 531 g/mol. The van der Waals surface area contributed by atoms with Crippen LogP contribution in [0, 0.1) is 0 Å². The van der Waals surface area contributed by atoms with Gasteiger partial charge in [-0.05, 0) is 32.6 Å². The molecule has 11 nitrogen and oxygen atoms in total. The lowest BCUT2D eigenvalue weighted by atomic mass is 10.1. The van der Waals surface area contributed by atoms with Crippen molar-refractivity contribution in [3.63, 3.8) is 0 Å². The number of hydrogen-bond donors (Lipinski definition) is 2.